The van der Waals surface area contributed by atoms with Crippen LogP contribution < -0.4 is 10.2 Å². The molecule has 4 rings (SSSR count). The Hall–Kier alpha value is -4.18. The molecule has 2 heterocycles. The van der Waals surface area contributed by atoms with E-state index in [1.165, 1.54) is 11.8 Å². The van der Waals surface area contributed by atoms with Gasteiger partial charge in [-0.1, -0.05) is 23.9 Å². The number of phenolic OH excluding ortho intramolecular Hbond substituents is 1. The summed E-state index contributed by atoms with van der Waals surface area (Å²) >= 11 is 1.25. The monoisotopic (exact) mass is 488 g/mol. The first kappa shape index (κ1) is 24.0. The van der Waals surface area contributed by atoms with E-state index in [2.05, 4.69) is 25.7 Å². The molecule has 0 aliphatic rings. The van der Waals surface area contributed by atoms with Gasteiger partial charge in [-0.2, -0.15) is 5.10 Å². The van der Waals surface area contributed by atoms with E-state index in [0.717, 1.165) is 17.0 Å². The van der Waals surface area contributed by atoms with Gasteiger partial charge in [-0.05, 0) is 62.4 Å². The molecule has 0 aliphatic carbocycles. The van der Waals surface area contributed by atoms with E-state index in [4.69, 9.17) is 4.74 Å². The highest BCUT2D eigenvalue weighted by Crippen LogP contribution is 2.28. The van der Waals surface area contributed by atoms with Crippen molar-refractivity contribution in [2.45, 2.75) is 19.0 Å². The van der Waals surface area contributed by atoms with Crippen LogP contribution in [0.4, 0.5) is 0 Å². The number of hydrogen-bond donors (Lipinski definition) is 2. The molecular formula is C25H24N6O3S. The molecule has 178 valence electrons. The fourth-order valence-electron chi connectivity index (χ4n) is 3.24. The molecule has 0 aliphatic heterocycles. The third kappa shape index (κ3) is 6.04. The molecule has 2 aromatic carbocycles. The average Bonchev–Trinajstić information content (AvgIpc) is 3.31. The molecule has 1 amide bonds. The van der Waals surface area contributed by atoms with Gasteiger partial charge in [0.05, 0.1) is 18.1 Å². The minimum atomic E-state index is -0.293. The van der Waals surface area contributed by atoms with Crippen LogP contribution in [0.1, 0.15) is 19.4 Å². The summed E-state index contributed by atoms with van der Waals surface area (Å²) in [6, 6.07) is 18.0. The predicted octanol–water partition coefficient (Wildman–Crippen LogP) is 4.07. The number of thioether (sulfide) groups is 1. The Morgan fingerprint density at radius 1 is 1.14 bits per heavy atom. The van der Waals surface area contributed by atoms with Gasteiger partial charge in [0.15, 0.2) is 11.0 Å². The highest BCUT2D eigenvalue weighted by Gasteiger charge is 2.17. The first-order valence-electron chi connectivity index (χ1n) is 10.9. The second-order valence-corrected chi connectivity index (χ2v) is 8.32. The van der Waals surface area contributed by atoms with Gasteiger partial charge >= 0.3 is 0 Å². The van der Waals surface area contributed by atoms with Crippen LogP contribution in [-0.2, 0) is 4.79 Å². The van der Waals surface area contributed by atoms with Crippen LogP contribution in [0.2, 0.25) is 0 Å². The molecule has 2 N–H and O–H groups in total. The van der Waals surface area contributed by atoms with Gasteiger partial charge in [0.2, 0.25) is 0 Å². The van der Waals surface area contributed by atoms with Crippen LogP contribution in [0.15, 0.2) is 83.3 Å². The summed E-state index contributed by atoms with van der Waals surface area (Å²) in [6.07, 6.45) is 3.41. The van der Waals surface area contributed by atoms with Crippen molar-refractivity contribution in [3.63, 3.8) is 0 Å². The first-order valence-corrected chi connectivity index (χ1v) is 11.9. The fraction of sp³-hybridized carbons (Fsp3) is 0.160. The normalized spacial score (nSPS) is 11.3. The van der Waals surface area contributed by atoms with Crippen molar-refractivity contribution >= 4 is 23.4 Å². The molecule has 2 aromatic heterocycles. The van der Waals surface area contributed by atoms with Crippen LogP contribution in [0.25, 0.3) is 17.1 Å². The average molecular weight is 489 g/mol. The molecule has 0 unspecified atom stereocenters. The number of carbonyl (C=O) groups is 1. The van der Waals surface area contributed by atoms with Crippen molar-refractivity contribution in [1.29, 1.82) is 0 Å². The van der Waals surface area contributed by atoms with Crippen molar-refractivity contribution in [1.82, 2.24) is 25.2 Å². The van der Waals surface area contributed by atoms with Gasteiger partial charge < -0.3 is 9.84 Å². The minimum absolute atomic E-state index is 0.0824. The molecule has 0 saturated heterocycles. The molecular weight excluding hydrogens is 464 g/mol. The molecule has 35 heavy (non-hydrogen) atoms. The summed E-state index contributed by atoms with van der Waals surface area (Å²) in [4.78, 5) is 16.7. The standard InChI is InChI=1S/C25H24N6O3S/c1-3-34-22-11-9-20(10-12-22)31-24(19-7-5-13-26-15-19)29-30-25(31)35-16-23(33)28-27-17(2)18-6-4-8-21(32)14-18/h4-15,32H,3,16H2,1-2H3,(H,28,33)/b27-17-. The second kappa shape index (κ2) is 11.3. The number of pyridine rings is 1. The van der Waals surface area contributed by atoms with E-state index in [1.807, 2.05) is 47.9 Å². The van der Waals surface area contributed by atoms with Crippen LogP contribution >= 0.6 is 11.8 Å². The van der Waals surface area contributed by atoms with Gasteiger partial charge in [-0.15, -0.1) is 10.2 Å². The molecule has 0 radical (unpaired) electrons. The number of hydrogen-bond acceptors (Lipinski definition) is 8. The number of nitrogens with zero attached hydrogens (tertiary/aromatic N) is 5. The summed E-state index contributed by atoms with van der Waals surface area (Å²) < 4.78 is 7.43. The number of rotatable bonds is 9. The van der Waals surface area contributed by atoms with Crippen LogP contribution in [-0.4, -0.2) is 48.8 Å². The highest BCUT2D eigenvalue weighted by molar-refractivity contribution is 7.99. The number of carbonyl (C=O) groups excluding carboxylic acids is 1. The maximum Gasteiger partial charge on any atom is 0.250 e. The Morgan fingerprint density at radius 2 is 1.97 bits per heavy atom. The Kier molecular flexibility index (Phi) is 7.74. The lowest BCUT2D eigenvalue weighted by molar-refractivity contribution is -0.118. The number of amides is 1. The maximum atomic E-state index is 12.5. The third-order valence-corrected chi connectivity index (χ3v) is 5.83. The van der Waals surface area contributed by atoms with Crippen molar-refractivity contribution in [2.75, 3.05) is 12.4 Å². The summed E-state index contributed by atoms with van der Waals surface area (Å²) in [6.45, 7) is 4.27. The van der Waals surface area contributed by atoms with Crippen LogP contribution in [0.5, 0.6) is 11.5 Å². The Bertz CT molecular complexity index is 1320. The van der Waals surface area contributed by atoms with Gasteiger partial charge in [-0.25, -0.2) is 5.43 Å². The zero-order valence-corrected chi connectivity index (χ0v) is 20.1. The lowest BCUT2D eigenvalue weighted by Crippen LogP contribution is -2.21. The van der Waals surface area contributed by atoms with E-state index < -0.39 is 0 Å². The Labute approximate surface area is 206 Å². The molecule has 10 heteroatoms. The first-order chi connectivity index (χ1) is 17.0. The lowest BCUT2D eigenvalue weighted by Gasteiger charge is -2.11. The Morgan fingerprint density at radius 3 is 2.69 bits per heavy atom. The number of benzene rings is 2. The third-order valence-electron chi connectivity index (χ3n) is 4.90. The van der Waals surface area contributed by atoms with Gasteiger partial charge in [0, 0.05) is 29.2 Å². The SMILES string of the molecule is CCOc1ccc(-n2c(SCC(=O)N/N=C(/C)c3cccc(O)c3)nnc2-c2cccnc2)cc1. The number of phenols is 1. The second-order valence-electron chi connectivity index (χ2n) is 7.38. The van der Waals surface area contributed by atoms with Crippen molar-refractivity contribution in [3.05, 3.63) is 78.6 Å². The zero-order valence-electron chi connectivity index (χ0n) is 19.3. The molecule has 9 nitrogen and oxygen atoms in total. The number of aromatic nitrogens is 4. The van der Waals surface area contributed by atoms with E-state index >= 15 is 0 Å². The van der Waals surface area contributed by atoms with E-state index in [0.29, 0.717) is 28.9 Å². The fourth-order valence-corrected chi connectivity index (χ4v) is 3.98. The molecule has 4 aromatic rings. The van der Waals surface area contributed by atoms with Gasteiger partial charge in [0.25, 0.3) is 5.91 Å². The van der Waals surface area contributed by atoms with E-state index in [9.17, 15) is 9.90 Å². The lowest BCUT2D eigenvalue weighted by atomic mass is 10.1. The number of ether oxygens (including phenoxy) is 1. The van der Waals surface area contributed by atoms with Crippen molar-refractivity contribution in [3.8, 4) is 28.6 Å². The van der Waals surface area contributed by atoms with E-state index in [1.54, 1.807) is 43.6 Å². The molecule has 0 spiro atoms. The maximum absolute atomic E-state index is 12.5. The summed E-state index contributed by atoms with van der Waals surface area (Å²) in [5, 5.41) is 23.0. The van der Waals surface area contributed by atoms with Gasteiger partial charge in [0.1, 0.15) is 11.5 Å². The Balaban J connectivity index is 1.52. The minimum Gasteiger partial charge on any atom is -0.508 e. The number of aromatic hydroxyl groups is 1. The predicted molar refractivity (Wildman–Crippen MR) is 135 cm³/mol. The summed E-state index contributed by atoms with van der Waals surface area (Å²) in [5.41, 5.74) is 5.48. The topological polar surface area (TPSA) is 115 Å². The quantitative estimate of drug-likeness (QED) is 0.207. The highest BCUT2D eigenvalue weighted by atomic mass is 32.2. The van der Waals surface area contributed by atoms with Crippen LogP contribution in [0, 0.1) is 0 Å². The van der Waals surface area contributed by atoms with Crippen molar-refractivity contribution < 1.29 is 14.6 Å². The van der Waals surface area contributed by atoms with Crippen LogP contribution in [0.3, 0.4) is 0 Å². The van der Waals surface area contributed by atoms with E-state index in [-0.39, 0.29) is 17.4 Å². The smallest absolute Gasteiger partial charge is 0.250 e. The summed E-state index contributed by atoms with van der Waals surface area (Å²) in [7, 11) is 0. The molecule has 0 bridgehead atoms. The van der Waals surface area contributed by atoms with Gasteiger partial charge in [-0.3, -0.25) is 14.3 Å². The van der Waals surface area contributed by atoms with Crippen molar-refractivity contribution in [2.24, 2.45) is 5.10 Å². The zero-order chi connectivity index (χ0) is 24.6. The molecule has 0 atom stereocenters. The number of nitrogens with one attached hydrogen (secondary N) is 1. The molecule has 0 fully saturated rings. The molecule has 0 saturated carbocycles. The largest absolute Gasteiger partial charge is 0.508 e. The summed E-state index contributed by atoms with van der Waals surface area (Å²) in [5.74, 6) is 1.30. The number of hydrazone groups is 1.